The number of hydrogen-bond donors (Lipinski definition) is 0. The van der Waals surface area contributed by atoms with Gasteiger partial charge in [0.25, 0.3) is 0 Å². The van der Waals surface area contributed by atoms with Gasteiger partial charge in [-0.3, -0.25) is 4.90 Å². The Morgan fingerprint density at radius 1 is 0.864 bits per heavy atom. The summed E-state index contributed by atoms with van der Waals surface area (Å²) in [5.41, 5.74) is 0.382. The quantitative estimate of drug-likeness (QED) is 0.320. The third-order valence-electron chi connectivity index (χ3n) is 4.64. The topological polar surface area (TPSA) is 30.9 Å². The number of nitrogens with zero attached hydrogens (tertiary/aromatic N) is 1. The molecule has 0 saturated heterocycles. The van der Waals surface area contributed by atoms with Gasteiger partial charge < -0.3 is 13.9 Å². The molecule has 22 heavy (non-hydrogen) atoms. The van der Waals surface area contributed by atoms with Crippen LogP contribution >= 0.6 is 0 Å². The summed E-state index contributed by atoms with van der Waals surface area (Å²) >= 11 is 0. The Morgan fingerprint density at radius 2 is 1.41 bits per heavy atom. The normalized spacial score (nSPS) is 12.4. The van der Waals surface area contributed by atoms with E-state index in [9.17, 15) is 0 Å². The van der Waals surface area contributed by atoms with E-state index in [1.807, 2.05) is 0 Å². The molecule has 0 spiro atoms. The molecule has 0 aromatic carbocycles. The van der Waals surface area contributed by atoms with Gasteiger partial charge in [-0.1, -0.05) is 13.8 Å². The van der Waals surface area contributed by atoms with Gasteiger partial charge in [0, 0.05) is 32.9 Å². The summed E-state index contributed by atoms with van der Waals surface area (Å²) in [5, 5.41) is 0. The van der Waals surface area contributed by atoms with E-state index in [1.165, 1.54) is 25.7 Å². The van der Waals surface area contributed by atoms with Crippen LogP contribution in [0.15, 0.2) is 0 Å². The Balaban J connectivity index is 4.21. The first-order valence-electron chi connectivity index (χ1n) is 9.04. The largest absolute Gasteiger partial charge is 0.427 e. The van der Waals surface area contributed by atoms with Gasteiger partial charge in [0.05, 0.1) is 13.2 Å². The molecule has 0 unspecified atom stereocenters. The first kappa shape index (κ1) is 22.1. The van der Waals surface area contributed by atoms with Crippen molar-refractivity contribution in [3.63, 3.8) is 0 Å². The van der Waals surface area contributed by atoms with Crippen LogP contribution in [0.25, 0.3) is 0 Å². The second-order valence-corrected chi connectivity index (χ2v) is 6.56. The SMILES string of the molecule is CCOCCN(CCCC(CC)(CC)CO[SiH3])CCOCC. The van der Waals surface area contributed by atoms with E-state index >= 15 is 0 Å². The van der Waals surface area contributed by atoms with Crippen molar-refractivity contribution in [2.24, 2.45) is 5.41 Å². The van der Waals surface area contributed by atoms with Crippen molar-refractivity contribution in [3.05, 3.63) is 0 Å². The fourth-order valence-corrected chi connectivity index (χ4v) is 3.49. The summed E-state index contributed by atoms with van der Waals surface area (Å²) in [6.07, 6.45) is 4.90. The molecular formula is C17H39NO3Si. The summed E-state index contributed by atoms with van der Waals surface area (Å²) in [6.45, 7) is 16.0. The summed E-state index contributed by atoms with van der Waals surface area (Å²) in [5.74, 6) is 0. The molecule has 0 aliphatic rings. The monoisotopic (exact) mass is 333 g/mol. The van der Waals surface area contributed by atoms with Crippen LogP contribution in [0.2, 0.25) is 0 Å². The lowest BCUT2D eigenvalue weighted by Gasteiger charge is -2.32. The number of ether oxygens (including phenoxy) is 2. The molecule has 0 aromatic rings. The molecule has 0 rings (SSSR count). The zero-order chi connectivity index (χ0) is 16.7. The van der Waals surface area contributed by atoms with Gasteiger partial charge in [-0.05, 0) is 51.5 Å². The Kier molecular flexibility index (Phi) is 14.7. The van der Waals surface area contributed by atoms with Crippen molar-refractivity contribution in [2.75, 3.05) is 52.7 Å². The van der Waals surface area contributed by atoms with Crippen molar-refractivity contribution in [1.29, 1.82) is 0 Å². The standard InChI is InChI=1S/C17H39NO3Si/c1-5-17(6-2,16-21-22)10-9-11-18(12-14-19-7-3)13-15-20-8-4/h5-16H2,1-4,22H3. The summed E-state index contributed by atoms with van der Waals surface area (Å²) in [6, 6.07) is 0. The van der Waals surface area contributed by atoms with E-state index < -0.39 is 0 Å². The smallest absolute Gasteiger partial charge is 0.145 e. The molecule has 0 aliphatic carbocycles. The fraction of sp³-hybridized carbons (Fsp3) is 1.00. The van der Waals surface area contributed by atoms with Gasteiger partial charge in [-0.25, -0.2) is 0 Å². The molecular weight excluding hydrogens is 294 g/mol. The average molecular weight is 334 g/mol. The van der Waals surface area contributed by atoms with Crippen LogP contribution in [-0.2, 0) is 13.9 Å². The summed E-state index contributed by atoms with van der Waals surface area (Å²) < 4.78 is 16.6. The molecule has 5 heteroatoms. The van der Waals surface area contributed by atoms with E-state index in [4.69, 9.17) is 13.9 Å². The molecule has 4 nitrogen and oxygen atoms in total. The summed E-state index contributed by atoms with van der Waals surface area (Å²) in [7, 11) is 0.844. The van der Waals surface area contributed by atoms with Crippen molar-refractivity contribution in [1.82, 2.24) is 4.90 Å². The molecule has 0 aliphatic heterocycles. The van der Waals surface area contributed by atoms with Gasteiger partial charge in [0.1, 0.15) is 10.5 Å². The first-order valence-corrected chi connectivity index (χ1v) is 9.86. The highest BCUT2D eigenvalue weighted by Gasteiger charge is 2.25. The second kappa shape index (κ2) is 14.6. The predicted octanol–water partition coefficient (Wildman–Crippen LogP) is 2.25. The highest BCUT2D eigenvalue weighted by atomic mass is 28.2. The lowest BCUT2D eigenvalue weighted by Crippen LogP contribution is -2.33. The van der Waals surface area contributed by atoms with Crippen LogP contribution in [0, 0.1) is 5.41 Å². The van der Waals surface area contributed by atoms with Crippen LogP contribution < -0.4 is 0 Å². The van der Waals surface area contributed by atoms with Crippen molar-refractivity contribution in [3.8, 4) is 0 Å². The van der Waals surface area contributed by atoms with Crippen molar-refractivity contribution >= 4 is 10.5 Å². The molecule has 0 atom stereocenters. The third-order valence-corrected chi connectivity index (χ3v) is 4.93. The lowest BCUT2D eigenvalue weighted by molar-refractivity contribution is 0.0757. The van der Waals surface area contributed by atoms with Crippen molar-refractivity contribution < 1.29 is 13.9 Å². The Bertz CT molecular complexity index is 228. The molecule has 0 bridgehead atoms. The highest BCUT2D eigenvalue weighted by Crippen LogP contribution is 2.32. The maximum absolute atomic E-state index is 5.59. The van der Waals surface area contributed by atoms with Crippen LogP contribution in [0.1, 0.15) is 53.4 Å². The fourth-order valence-electron chi connectivity index (χ4n) is 2.88. The molecule has 134 valence electrons. The zero-order valence-corrected chi connectivity index (χ0v) is 17.7. The van der Waals surface area contributed by atoms with Gasteiger partial charge in [-0.15, -0.1) is 0 Å². The predicted molar refractivity (Wildman–Crippen MR) is 97.6 cm³/mol. The maximum Gasteiger partial charge on any atom is 0.145 e. The van der Waals surface area contributed by atoms with Gasteiger partial charge in [-0.2, -0.15) is 0 Å². The molecule has 0 heterocycles. The second-order valence-electron chi connectivity index (χ2n) is 5.98. The Morgan fingerprint density at radius 3 is 1.82 bits per heavy atom. The van der Waals surface area contributed by atoms with Gasteiger partial charge in [0.2, 0.25) is 0 Å². The lowest BCUT2D eigenvalue weighted by atomic mass is 9.79. The number of rotatable bonds is 16. The Labute approximate surface area is 141 Å². The van der Waals surface area contributed by atoms with Crippen LogP contribution in [0.3, 0.4) is 0 Å². The Hall–Kier alpha value is 0.0569. The molecule has 0 fully saturated rings. The molecule has 0 N–H and O–H groups in total. The van der Waals surface area contributed by atoms with E-state index in [-0.39, 0.29) is 0 Å². The van der Waals surface area contributed by atoms with Crippen LogP contribution in [-0.4, -0.2) is 68.1 Å². The third kappa shape index (κ3) is 9.95. The van der Waals surface area contributed by atoms with E-state index in [2.05, 4.69) is 32.6 Å². The molecule has 0 amide bonds. The maximum atomic E-state index is 5.59. The van der Waals surface area contributed by atoms with E-state index in [0.29, 0.717) is 5.41 Å². The minimum atomic E-state index is 0.382. The highest BCUT2D eigenvalue weighted by molar-refractivity contribution is 5.97. The van der Waals surface area contributed by atoms with Gasteiger partial charge in [0.15, 0.2) is 0 Å². The summed E-state index contributed by atoms with van der Waals surface area (Å²) in [4.78, 5) is 2.48. The number of hydrogen-bond acceptors (Lipinski definition) is 4. The van der Waals surface area contributed by atoms with Crippen LogP contribution in [0.5, 0.6) is 0 Å². The minimum Gasteiger partial charge on any atom is -0.427 e. The first-order chi connectivity index (χ1) is 10.7. The molecule has 0 saturated carbocycles. The minimum absolute atomic E-state index is 0.382. The molecule has 0 aromatic heterocycles. The van der Waals surface area contributed by atoms with Gasteiger partial charge >= 0.3 is 0 Å². The van der Waals surface area contributed by atoms with E-state index in [1.54, 1.807) is 0 Å². The zero-order valence-electron chi connectivity index (χ0n) is 15.7. The van der Waals surface area contributed by atoms with Crippen molar-refractivity contribution in [2.45, 2.75) is 53.4 Å². The average Bonchev–Trinajstić information content (AvgIpc) is 2.54. The van der Waals surface area contributed by atoms with E-state index in [0.717, 1.165) is 63.2 Å². The van der Waals surface area contributed by atoms with Crippen LogP contribution in [0.4, 0.5) is 0 Å². The molecule has 0 radical (unpaired) electrons.